The number of aromatic nitrogens is 1. The molecule has 1 heterocycles. The zero-order chi connectivity index (χ0) is 12.6. The van der Waals surface area contributed by atoms with Crippen molar-refractivity contribution in [2.24, 2.45) is 0 Å². The molecule has 0 spiro atoms. The van der Waals surface area contributed by atoms with Gasteiger partial charge >= 0.3 is 5.97 Å². The van der Waals surface area contributed by atoms with Crippen molar-refractivity contribution >= 4 is 27.5 Å². The Morgan fingerprint density at radius 1 is 1.47 bits per heavy atom. The van der Waals surface area contributed by atoms with E-state index in [0.717, 1.165) is 20.8 Å². The first-order chi connectivity index (χ1) is 7.99. The van der Waals surface area contributed by atoms with Crippen molar-refractivity contribution in [1.82, 2.24) is 9.88 Å². The maximum Gasteiger partial charge on any atom is 0.325 e. The van der Waals surface area contributed by atoms with Crippen LogP contribution in [0.3, 0.4) is 0 Å². The predicted molar refractivity (Wildman–Crippen MR) is 68.4 cm³/mol. The Bertz CT molecular complexity index is 563. The molecule has 0 amide bonds. The van der Waals surface area contributed by atoms with E-state index in [1.54, 1.807) is 30.3 Å². The zero-order valence-corrected chi connectivity index (χ0v) is 10.8. The van der Waals surface area contributed by atoms with E-state index in [-0.39, 0.29) is 0 Å². The predicted octanol–water partition coefficient (Wildman–Crippen LogP) is 2.29. The summed E-state index contributed by atoms with van der Waals surface area (Å²) in [7, 11) is 3.52. The Kier molecular flexibility index (Phi) is 3.13. The Labute approximate surface area is 104 Å². The molecule has 4 nitrogen and oxygen atoms in total. The van der Waals surface area contributed by atoms with Crippen molar-refractivity contribution in [3.63, 3.8) is 0 Å². The fraction of sp³-hybridized carbons (Fsp3) is 0.333. The van der Waals surface area contributed by atoms with Gasteiger partial charge in [-0.15, -0.1) is 11.3 Å². The van der Waals surface area contributed by atoms with Crippen LogP contribution in [-0.4, -0.2) is 35.1 Å². The van der Waals surface area contributed by atoms with E-state index in [9.17, 15) is 9.90 Å². The number of hydrogen-bond acceptors (Lipinski definition) is 4. The minimum absolute atomic E-state index is 0.624. The molecule has 1 unspecified atom stereocenters. The summed E-state index contributed by atoms with van der Waals surface area (Å²) >= 11 is 1.62. The number of thiazole rings is 1. The molecule has 2 aromatic rings. The number of carboxylic acid groups (broad SMARTS) is 1. The molecule has 1 aromatic heterocycles. The molecule has 1 aromatic carbocycles. The highest BCUT2D eigenvalue weighted by atomic mass is 32.1. The number of benzene rings is 1. The minimum Gasteiger partial charge on any atom is -0.480 e. The van der Waals surface area contributed by atoms with Crippen LogP contribution >= 0.6 is 11.3 Å². The first kappa shape index (κ1) is 12.0. The lowest BCUT2D eigenvalue weighted by atomic mass is 10.1. The summed E-state index contributed by atoms with van der Waals surface area (Å²) in [5.41, 5.74) is 1.64. The number of aryl methyl sites for hydroxylation is 1. The van der Waals surface area contributed by atoms with Crippen LogP contribution in [0.1, 0.15) is 16.6 Å². The van der Waals surface area contributed by atoms with Gasteiger partial charge < -0.3 is 5.11 Å². The second-order valence-electron chi connectivity index (χ2n) is 4.16. The average molecular weight is 250 g/mol. The fourth-order valence-corrected chi connectivity index (χ4v) is 2.70. The van der Waals surface area contributed by atoms with E-state index in [4.69, 9.17) is 0 Å². The molecule has 2 rings (SSSR count). The van der Waals surface area contributed by atoms with Gasteiger partial charge in [-0.05, 0) is 38.7 Å². The molecule has 0 saturated heterocycles. The lowest BCUT2D eigenvalue weighted by Gasteiger charge is -2.20. The lowest BCUT2D eigenvalue weighted by Crippen LogP contribution is -2.27. The van der Waals surface area contributed by atoms with Gasteiger partial charge in [0.15, 0.2) is 0 Å². The SMILES string of the molecule is Cc1nc2cc(C(C(=O)O)N(C)C)ccc2s1. The van der Waals surface area contributed by atoms with Crippen molar-refractivity contribution in [3.05, 3.63) is 28.8 Å². The normalized spacial score (nSPS) is 13.2. The first-order valence-electron chi connectivity index (χ1n) is 5.25. The standard InChI is InChI=1S/C12H14N2O2S/c1-7-13-9-6-8(4-5-10(9)17-7)11(12(15)16)14(2)3/h4-6,11H,1-3H3,(H,15,16). The minimum atomic E-state index is -0.846. The lowest BCUT2D eigenvalue weighted by molar-refractivity contribution is -0.142. The molecule has 1 atom stereocenters. The smallest absolute Gasteiger partial charge is 0.325 e. The van der Waals surface area contributed by atoms with Gasteiger partial charge in [-0.3, -0.25) is 9.69 Å². The summed E-state index contributed by atoms with van der Waals surface area (Å²) < 4.78 is 1.09. The van der Waals surface area contributed by atoms with Crippen LogP contribution in [0.5, 0.6) is 0 Å². The summed E-state index contributed by atoms with van der Waals surface area (Å²) in [6, 6.07) is 5.03. The molecule has 0 aliphatic rings. The molecule has 0 bridgehead atoms. The number of nitrogens with zero attached hydrogens (tertiary/aromatic N) is 2. The van der Waals surface area contributed by atoms with Crippen LogP contribution in [0.4, 0.5) is 0 Å². The first-order valence-corrected chi connectivity index (χ1v) is 6.07. The maximum absolute atomic E-state index is 11.2. The number of hydrogen-bond donors (Lipinski definition) is 1. The molecule has 90 valence electrons. The van der Waals surface area contributed by atoms with Crippen molar-refractivity contribution in [2.45, 2.75) is 13.0 Å². The average Bonchev–Trinajstić information content (AvgIpc) is 2.56. The molecule has 0 saturated carbocycles. The molecule has 17 heavy (non-hydrogen) atoms. The van der Waals surface area contributed by atoms with Gasteiger partial charge in [-0.1, -0.05) is 6.07 Å². The van der Waals surface area contributed by atoms with Crippen LogP contribution < -0.4 is 0 Å². The largest absolute Gasteiger partial charge is 0.480 e. The Balaban J connectivity index is 2.50. The van der Waals surface area contributed by atoms with E-state index in [1.165, 1.54) is 0 Å². The van der Waals surface area contributed by atoms with E-state index >= 15 is 0 Å². The molecule has 0 aliphatic heterocycles. The number of aliphatic carboxylic acids is 1. The maximum atomic E-state index is 11.2. The molecule has 1 N–H and O–H groups in total. The van der Waals surface area contributed by atoms with E-state index < -0.39 is 12.0 Å². The number of rotatable bonds is 3. The van der Waals surface area contributed by atoms with Gasteiger partial charge in [0.2, 0.25) is 0 Å². The van der Waals surface area contributed by atoms with Gasteiger partial charge in [0.25, 0.3) is 0 Å². The van der Waals surface area contributed by atoms with Crippen molar-refractivity contribution < 1.29 is 9.90 Å². The van der Waals surface area contributed by atoms with Gasteiger partial charge in [0, 0.05) is 0 Å². The van der Waals surface area contributed by atoms with Crippen LogP contribution in [0.25, 0.3) is 10.2 Å². The number of fused-ring (bicyclic) bond motifs is 1. The summed E-state index contributed by atoms with van der Waals surface area (Å²) in [4.78, 5) is 17.3. The fourth-order valence-electron chi connectivity index (χ4n) is 1.89. The highest BCUT2D eigenvalue weighted by molar-refractivity contribution is 7.18. The number of carbonyl (C=O) groups is 1. The van der Waals surface area contributed by atoms with Crippen molar-refractivity contribution in [3.8, 4) is 0 Å². The summed E-state index contributed by atoms with van der Waals surface area (Å²) in [6.45, 7) is 1.95. The van der Waals surface area contributed by atoms with Gasteiger partial charge in [0.1, 0.15) is 6.04 Å². The Morgan fingerprint density at radius 2 is 2.18 bits per heavy atom. The van der Waals surface area contributed by atoms with Crippen LogP contribution in [0, 0.1) is 6.92 Å². The highest BCUT2D eigenvalue weighted by Gasteiger charge is 2.22. The number of likely N-dealkylation sites (N-methyl/N-ethyl adjacent to an activating group) is 1. The molecular weight excluding hydrogens is 236 g/mol. The van der Waals surface area contributed by atoms with E-state index in [1.807, 2.05) is 25.1 Å². The van der Waals surface area contributed by atoms with E-state index in [0.29, 0.717) is 0 Å². The van der Waals surface area contributed by atoms with Crippen molar-refractivity contribution in [1.29, 1.82) is 0 Å². The molecule has 0 fully saturated rings. The van der Waals surface area contributed by atoms with Gasteiger partial charge in [-0.2, -0.15) is 0 Å². The Morgan fingerprint density at radius 3 is 2.76 bits per heavy atom. The monoisotopic (exact) mass is 250 g/mol. The third kappa shape index (κ3) is 2.30. The molecule has 0 radical (unpaired) electrons. The topological polar surface area (TPSA) is 53.4 Å². The van der Waals surface area contributed by atoms with Crippen LogP contribution in [0.2, 0.25) is 0 Å². The van der Waals surface area contributed by atoms with Gasteiger partial charge in [-0.25, -0.2) is 4.98 Å². The molecular formula is C12H14N2O2S. The number of carboxylic acids is 1. The third-order valence-electron chi connectivity index (χ3n) is 2.58. The second-order valence-corrected chi connectivity index (χ2v) is 5.40. The van der Waals surface area contributed by atoms with Gasteiger partial charge in [0.05, 0.1) is 15.2 Å². The second kappa shape index (κ2) is 4.43. The molecule has 0 aliphatic carbocycles. The highest BCUT2D eigenvalue weighted by Crippen LogP contribution is 2.26. The van der Waals surface area contributed by atoms with Crippen LogP contribution in [0.15, 0.2) is 18.2 Å². The third-order valence-corrected chi connectivity index (χ3v) is 3.54. The zero-order valence-electron chi connectivity index (χ0n) is 9.97. The van der Waals surface area contributed by atoms with Crippen molar-refractivity contribution in [2.75, 3.05) is 14.1 Å². The molecule has 5 heteroatoms. The van der Waals surface area contributed by atoms with Crippen LogP contribution in [-0.2, 0) is 4.79 Å². The summed E-state index contributed by atoms with van der Waals surface area (Å²) in [5, 5.41) is 10.2. The Hall–Kier alpha value is -1.46. The van der Waals surface area contributed by atoms with E-state index in [2.05, 4.69) is 4.98 Å². The quantitative estimate of drug-likeness (QED) is 0.908. The summed E-state index contributed by atoms with van der Waals surface area (Å²) in [5.74, 6) is -0.846. The summed E-state index contributed by atoms with van der Waals surface area (Å²) in [6.07, 6.45) is 0.